The molecule has 4 nitrogen and oxygen atoms in total. The van der Waals surface area contributed by atoms with Gasteiger partial charge in [-0.25, -0.2) is 9.67 Å². The van der Waals surface area contributed by atoms with Crippen molar-refractivity contribution < 1.29 is 4.21 Å². The van der Waals surface area contributed by atoms with Crippen molar-refractivity contribution >= 4 is 22.1 Å². The second-order valence-electron chi connectivity index (χ2n) is 4.93. The molecule has 2 heterocycles. The third kappa shape index (κ3) is 3.73. The van der Waals surface area contributed by atoms with Crippen molar-refractivity contribution in [3.63, 3.8) is 0 Å². The molecule has 2 aromatic heterocycles. The normalized spacial score (nSPS) is 14.7. The monoisotopic (exact) mass is 297 g/mol. The van der Waals surface area contributed by atoms with Gasteiger partial charge in [0.2, 0.25) is 0 Å². The molecule has 19 heavy (non-hydrogen) atoms. The quantitative estimate of drug-likeness (QED) is 0.823. The van der Waals surface area contributed by atoms with Crippen LogP contribution in [0.3, 0.4) is 0 Å². The number of hydrogen-bond donors (Lipinski definition) is 0. The Hall–Kier alpha value is -1.01. The van der Waals surface area contributed by atoms with Gasteiger partial charge in [0, 0.05) is 22.2 Å². The lowest BCUT2D eigenvalue weighted by molar-refractivity contribution is 0.471. The van der Waals surface area contributed by atoms with Gasteiger partial charge in [0.15, 0.2) is 0 Å². The van der Waals surface area contributed by atoms with Crippen LogP contribution in [-0.2, 0) is 23.1 Å². The number of thiophene rings is 1. The molecule has 0 bridgehead atoms. The molecule has 104 valence electrons. The van der Waals surface area contributed by atoms with Crippen LogP contribution in [0.15, 0.2) is 23.8 Å². The number of hydrogen-bond acceptors (Lipinski definition) is 4. The zero-order valence-electron chi connectivity index (χ0n) is 11.4. The molecule has 0 aliphatic rings. The van der Waals surface area contributed by atoms with Gasteiger partial charge in [-0.05, 0) is 24.3 Å². The van der Waals surface area contributed by atoms with Crippen LogP contribution in [0.5, 0.6) is 0 Å². The van der Waals surface area contributed by atoms with Gasteiger partial charge >= 0.3 is 0 Å². The Labute approximate surface area is 120 Å². The summed E-state index contributed by atoms with van der Waals surface area (Å²) in [7, 11) is -0.962. The van der Waals surface area contributed by atoms with Gasteiger partial charge in [0.05, 0.1) is 11.0 Å². The van der Waals surface area contributed by atoms with E-state index in [0.717, 1.165) is 17.2 Å². The summed E-state index contributed by atoms with van der Waals surface area (Å²) >= 11 is 1.65. The minimum absolute atomic E-state index is 0.0456. The molecule has 2 rings (SSSR count). The van der Waals surface area contributed by atoms with Crippen molar-refractivity contribution in [2.45, 2.75) is 38.3 Å². The van der Waals surface area contributed by atoms with Gasteiger partial charge in [-0.2, -0.15) is 5.10 Å². The van der Waals surface area contributed by atoms with E-state index in [1.54, 1.807) is 17.7 Å². The molecule has 0 aromatic carbocycles. The van der Waals surface area contributed by atoms with Crippen molar-refractivity contribution in [3.05, 3.63) is 34.5 Å². The molecule has 0 fully saturated rings. The standard InChI is InChI=1S/C13H19N3OS2/c1-10(2)7-16-13(14-9-15-16)8-19(17)11(3)12-5-4-6-18-12/h4-6,9-11H,7-8H2,1-3H3/t11-,19-/m1/s1. The summed E-state index contributed by atoms with van der Waals surface area (Å²) in [6.45, 7) is 7.10. The van der Waals surface area contributed by atoms with Crippen molar-refractivity contribution in [1.82, 2.24) is 14.8 Å². The van der Waals surface area contributed by atoms with Crippen LogP contribution < -0.4 is 0 Å². The van der Waals surface area contributed by atoms with E-state index >= 15 is 0 Å². The summed E-state index contributed by atoms with van der Waals surface area (Å²) in [5.74, 6) is 1.78. The lowest BCUT2D eigenvalue weighted by Crippen LogP contribution is -2.13. The zero-order valence-corrected chi connectivity index (χ0v) is 13.1. The molecule has 0 amide bonds. The predicted octanol–water partition coefficient (Wildman–Crippen LogP) is 3.01. The Morgan fingerprint density at radius 3 is 2.84 bits per heavy atom. The molecule has 0 saturated heterocycles. The van der Waals surface area contributed by atoms with Crippen LogP contribution in [0.4, 0.5) is 0 Å². The fourth-order valence-electron chi connectivity index (χ4n) is 1.80. The Kier molecular flexibility index (Phi) is 4.87. The third-order valence-corrected chi connectivity index (χ3v) is 5.63. The van der Waals surface area contributed by atoms with Crippen LogP contribution in [0.2, 0.25) is 0 Å². The molecule has 2 atom stereocenters. The van der Waals surface area contributed by atoms with Gasteiger partial charge in [-0.15, -0.1) is 11.3 Å². The highest BCUT2D eigenvalue weighted by Crippen LogP contribution is 2.25. The maximum atomic E-state index is 12.4. The van der Waals surface area contributed by atoms with Crippen LogP contribution in [0, 0.1) is 5.92 Å². The van der Waals surface area contributed by atoms with E-state index < -0.39 is 10.8 Å². The zero-order chi connectivity index (χ0) is 13.8. The smallest absolute Gasteiger partial charge is 0.139 e. The van der Waals surface area contributed by atoms with Crippen LogP contribution >= 0.6 is 11.3 Å². The van der Waals surface area contributed by atoms with Gasteiger partial charge < -0.3 is 0 Å². The molecular formula is C13H19N3OS2. The minimum Gasteiger partial charge on any atom is -0.258 e. The highest BCUT2D eigenvalue weighted by Gasteiger charge is 2.17. The first kappa shape index (κ1) is 14.4. The van der Waals surface area contributed by atoms with E-state index in [-0.39, 0.29) is 5.25 Å². The van der Waals surface area contributed by atoms with Crippen molar-refractivity contribution in [2.75, 3.05) is 0 Å². The van der Waals surface area contributed by atoms with E-state index in [0.29, 0.717) is 11.7 Å². The summed E-state index contributed by atoms with van der Waals surface area (Å²) in [5.41, 5.74) is 0. The van der Waals surface area contributed by atoms with Gasteiger partial charge in [-0.1, -0.05) is 19.9 Å². The van der Waals surface area contributed by atoms with Crippen molar-refractivity contribution in [1.29, 1.82) is 0 Å². The number of rotatable bonds is 6. The van der Waals surface area contributed by atoms with Gasteiger partial charge in [-0.3, -0.25) is 4.21 Å². The molecule has 0 aliphatic heterocycles. The maximum Gasteiger partial charge on any atom is 0.139 e. The van der Waals surface area contributed by atoms with Gasteiger partial charge in [0.1, 0.15) is 12.2 Å². The minimum atomic E-state index is -0.962. The molecule has 0 N–H and O–H groups in total. The first-order valence-electron chi connectivity index (χ1n) is 6.35. The Balaban J connectivity index is 2.05. The molecule has 2 aromatic rings. The topological polar surface area (TPSA) is 47.8 Å². The summed E-state index contributed by atoms with van der Waals surface area (Å²) in [6, 6.07) is 4.03. The average Bonchev–Trinajstić information content (AvgIpc) is 2.99. The van der Waals surface area contributed by atoms with Crippen molar-refractivity contribution in [3.8, 4) is 0 Å². The van der Waals surface area contributed by atoms with E-state index in [9.17, 15) is 4.21 Å². The summed E-state index contributed by atoms with van der Waals surface area (Å²) in [5, 5.41) is 6.27. The largest absolute Gasteiger partial charge is 0.258 e. The van der Waals surface area contributed by atoms with E-state index in [4.69, 9.17) is 0 Å². The summed E-state index contributed by atoms with van der Waals surface area (Å²) < 4.78 is 14.2. The lowest BCUT2D eigenvalue weighted by Gasteiger charge is -2.11. The predicted molar refractivity (Wildman–Crippen MR) is 79.4 cm³/mol. The average molecular weight is 297 g/mol. The highest BCUT2D eigenvalue weighted by molar-refractivity contribution is 7.84. The summed E-state index contributed by atoms with van der Waals surface area (Å²) in [4.78, 5) is 5.40. The number of aromatic nitrogens is 3. The molecule has 0 spiro atoms. The first-order valence-corrected chi connectivity index (χ1v) is 8.61. The second-order valence-corrected chi connectivity index (χ2v) is 7.67. The van der Waals surface area contributed by atoms with E-state index in [2.05, 4.69) is 23.9 Å². The molecule has 0 unspecified atom stereocenters. The molecule has 0 radical (unpaired) electrons. The Morgan fingerprint density at radius 2 is 2.21 bits per heavy atom. The van der Waals surface area contributed by atoms with E-state index in [1.807, 2.05) is 29.1 Å². The molecule has 0 saturated carbocycles. The highest BCUT2D eigenvalue weighted by atomic mass is 32.2. The summed E-state index contributed by atoms with van der Waals surface area (Å²) in [6.07, 6.45) is 1.55. The Morgan fingerprint density at radius 1 is 1.42 bits per heavy atom. The SMILES string of the molecule is CC(C)Cn1ncnc1C[S@@](=O)[C@H](C)c1cccs1. The fourth-order valence-corrected chi connectivity index (χ4v) is 4.02. The second kappa shape index (κ2) is 6.43. The van der Waals surface area contributed by atoms with Crippen LogP contribution in [-0.4, -0.2) is 19.0 Å². The molecular weight excluding hydrogens is 278 g/mol. The van der Waals surface area contributed by atoms with Crippen LogP contribution in [0.1, 0.15) is 36.7 Å². The third-order valence-electron chi connectivity index (χ3n) is 2.84. The fraction of sp³-hybridized carbons (Fsp3) is 0.538. The van der Waals surface area contributed by atoms with Gasteiger partial charge in [0.25, 0.3) is 0 Å². The maximum absolute atomic E-state index is 12.4. The Bertz CT molecular complexity index is 534. The molecule has 0 aliphatic carbocycles. The lowest BCUT2D eigenvalue weighted by atomic mass is 10.2. The van der Waals surface area contributed by atoms with E-state index in [1.165, 1.54) is 0 Å². The molecule has 6 heteroatoms. The van der Waals surface area contributed by atoms with Crippen LogP contribution in [0.25, 0.3) is 0 Å². The first-order chi connectivity index (χ1) is 9.08. The van der Waals surface area contributed by atoms with Crippen molar-refractivity contribution in [2.24, 2.45) is 5.92 Å². The number of nitrogens with zero attached hydrogens (tertiary/aromatic N) is 3.